The van der Waals surface area contributed by atoms with E-state index in [-0.39, 0.29) is 0 Å². The molecule has 0 bridgehead atoms. The second kappa shape index (κ2) is 7.48. The molecule has 0 aliphatic heterocycles. The quantitative estimate of drug-likeness (QED) is 0.686. The molecule has 1 aromatic carbocycles. The van der Waals surface area contributed by atoms with E-state index in [0.717, 1.165) is 24.5 Å². The van der Waals surface area contributed by atoms with Crippen LogP contribution in [0.4, 0.5) is 11.5 Å². The summed E-state index contributed by atoms with van der Waals surface area (Å²) in [4.78, 5) is 0. The van der Waals surface area contributed by atoms with Gasteiger partial charge >= 0.3 is 0 Å². The minimum absolute atomic E-state index is 0.500. The van der Waals surface area contributed by atoms with Crippen molar-refractivity contribution >= 4 is 28.8 Å². The third-order valence-electron chi connectivity index (χ3n) is 4.13. The van der Waals surface area contributed by atoms with Crippen molar-refractivity contribution < 1.29 is 0 Å². The molecule has 2 N–H and O–H groups in total. The largest absolute Gasteiger partial charge is 0.330 e. The number of benzene rings is 1. The summed E-state index contributed by atoms with van der Waals surface area (Å²) in [6, 6.07) is 10.2. The Kier molecular flexibility index (Phi) is 5.14. The van der Waals surface area contributed by atoms with Gasteiger partial charge in [0, 0.05) is 18.8 Å². The summed E-state index contributed by atoms with van der Waals surface area (Å²) in [6.07, 6.45) is 3.72. The molecule has 0 aliphatic carbocycles. The number of hydrogen-bond donors (Lipinski definition) is 2. The van der Waals surface area contributed by atoms with Crippen LogP contribution in [0.15, 0.2) is 42.7 Å². The third-order valence-corrected chi connectivity index (χ3v) is 4.33. The number of thiocarbonyl (C=S) groups is 1. The van der Waals surface area contributed by atoms with Gasteiger partial charge in [-0.3, -0.25) is 9.36 Å². The zero-order chi connectivity index (χ0) is 17.8. The molecule has 2 aromatic heterocycles. The SMILES string of the molecule is CCn1ncc(NC(=S)Nc2ccn(Cc3ccccc3C)n2)c1C. The number of rotatable bonds is 5. The van der Waals surface area contributed by atoms with Crippen LogP contribution < -0.4 is 10.6 Å². The van der Waals surface area contributed by atoms with Gasteiger partial charge in [-0.2, -0.15) is 10.2 Å². The van der Waals surface area contributed by atoms with E-state index in [2.05, 4.69) is 46.8 Å². The molecule has 0 aliphatic rings. The highest BCUT2D eigenvalue weighted by molar-refractivity contribution is 7.80. The van der Waals surface area contributed by atoms with E-state index in [9.17, 15) is 0 Å². The molecule has 7 heteroatoms. The molecule has 0 radical (unpaired) electrons. The maximum Gasteiger partial charge on any atom is 0.176 e. The van der Waals surface area contributed by atoms with Crippen molar-refractivity contribution in [2.45, 2.75) is 33.9 Å². The summed E-state index contributed by atoms with van der Waals surface area (Å²) in [5.41, 5.74) is 4.46. The molecule has 6 nitrogen and oxygen atoms in total. The van der Waals surface area contributed by atoms with Gasteiger partial charge in [0.1, 0.15) is 0 Å². The second-order valence-electron chi connectivity index (χ2n) is 5.86. The molecular weight excluding hydrogens is 332 g/mol. The Hall–Kier alpha value is -2.67. The van der Waals surface area contributed by atoms with Gasteiger partial charge in [0.2, 0.25) is 0 Å². The summed E-state index contributed by atoms with van der Waals surface area (Å²) in [5.74, 6) is 0.714. The van der Waals surface area contributed by atoms with Crippen molar-refractivity contribution in [3.05, 3.63) is 59.5 Å². The van der Waals surface area contributed by atoms with Gasteiger partial charge < -0.3 is 10.6 Å². The second-order valence-corrected chi connectivity index (χ2v) is 6.27. The fraction of sp³-hybridized carbons (Fsp3) is 0.278. The van der Waals surface area contributed by atoms with E-state index in [1.165, 1.54) is 11.1 Å². The van der Waals surface area contributed by atoms with Crippen LogP contribution in [-0.2, 0) is 13.1 Å². The molecule has 3 rings (SSSR count). The molecule has 0 saturated heterocycles. The van der Waals surface area contributed by atoms with Crippen LogP contribution in [0.2, 0.25) is 0 Å². The van der Waals surface area contributed by atoms with Crippen LogP contribution in [0.5, 0.6) is 0 Å². The van der Waals surface area contributed by atoms with Crippen molar-refractivity contribution in [1.29, 1.82) is 0 Å². The number of anilines is 2. The van der Waals surface area contributed by atoms with Crippen molar-refractivity contribution in [1.82, 2.24) is 19.6 Å². The zero-order valence-electron chi connectivity index (χ0n) is 14.7. The number of nitrogens with one attached hydrogen (secondary N) is 2. The van der Waals surface area contributed by atoms with Gasteiger partial charge in [0.15, 0.2) is 10.9 Å². The first-order chi connectivity index (χ1) is 12.1. The fourth-order valence-corrected chi connectivity index (χ4v) is 2.85. The standard InChI is InChI=1S/C18H22N6S/c1-4-24-14(3)16(11-19-24)20-18(25)21-17-9-10-23(22-17)12-15-8-6-5-7-13(15)2/h5-11H,4,12H2,1-3H3,(H2,20,21,22,25). The molecule has 0 atom stereocenters. The lowest BCUT2D eigenvalue weighted by molar-refractivity contribution is 0.640. The van der Waals surface area contributed by atoms with Gasteiger partial charge in [-0.15, -0.1) is 0 Å². The van der Waals surface area contributed by atoms with Crippen LogP contribution in [-0.4, -0.2) is 24.7 Å². The number of hydrogen-bond acceptors (Lipinski definition) is 3. The van der Waals surface area contributed by atoms with E-state index < -0.39 is 0 Å². The maximum atomic E-state index is 5.37. The van der Waals surface area contributed by atoms with Crippen LogP contribution >= 0.6 is 12.2 Å². The highest BCUT2D eigenvalue weighted by atomic mass is 32.1. The molecule has 130 valence electrons. The Labute approximate surface area is 152 Å². The predicted molar refractivity (Wildman–Crippen MR) is 105 cm³/mol. The van der Waals surface area contributed by atoms with E-state index in [1.54, 1.807) is 6.20 Å². The summed E-state index contributed by atoms with van der Waals surface area (Å²) < 4.78 is 3.81. The van der Waals surface area contributed by atoms with Crippen LogP contribution in [0.3, 0.4) is 0 Å². The molecule has 25 heavy (non-hydrogen) atoms. The molecule has 0 fully saturated rings. The van der Waals surface area contributed by atoms with Crippen LogP contribution in [0.25, 0.3) is 0 Å². The van der Waals surface area contributed by atoms with Crippen LogP contribution in [0.1, 0.15) is 23.7 Å². The lowest BCUT2D eigenvalue weighted by Crippen LogP contribution is -2.20. The van der Waals surface area contributed by atoms with Gasteiger partial charge in [-0.25, -0.2) is 0 Å². The maximum absolute atomic E-state index is 5.37. The first-order valence-corrected chi connectivity index (χ1v) is 8.66. The molecule has 0 amide bonds. The van der Waals surface area contributed by atoms with E-state index in [1.807, 2.05) is 40.7 Å². The third kappa shape index (κ3) is 4.06. The van der Waals surface area contributed by atoms with E-state index in [4.69, 9.17) is 12.2 Å². The van der Waals surface area contributed by atoms with Crippen molar-refractivity contribution in [3.63, 3.8) is 0 Å². The van der Waals surface area contributed by atoms with Gasteiger partial charge in [0.05, 0.1) is 24.1 Å². The lowest BCUT2D eigenvalue weighted by Gasteiger charge is -2.09. The minimum atomic E-state index is 0.500. The molecule has 0 unspecified atom stereocenters. The minimum Gasteiger partial charge on any atom is -0.330 e. The molecule has 0 spiro atoms. The first-order valence-electron chi connectivity index (χ1n) is 8.25. The summed E-state index contributed by atoms with van der Waals surface area (Å²) >= 11 is 5.37. The Bertz CT molecular complexity index is 879. The predicted octanol–water partition coefficient (Wildman–Crippen LogP) is 3.57. The topological polar surface area (TPSA) is 59.7 Å². The van der Waals surface area contributed by atoms with Gasteiger partial charge in [-0.05, 0) is 44.1 Å². The average molecular weight is 354 g/mol. The molecular formula is C18H22N6S. The number of aromatic nitrogens is 4. The monoisotopic (exact) mass is 354 g/mol. The molecule has 2 heterocycles. The Morgan fingerprint density at radius 1 is 1.16 bits per heavy atom. The normalized spacial score (nSPS) is 10.7. The molecule has 0 saturated carbocycles. The lowest BCUT2D eigenvalue weighted by atomic mass is 10.1. The average Bonchev–Trinajstić information content (AvgIpc) is 3.17. The van der Waals surface area contributed by atoms with Crippen molar-refractivity contribution in [3.8, 4) is 0 Å². The Morgan fingerprint density at radius 2 is 1.96 bits per heavy atom. The number of aryl methyl sites for hydroxylation is 2. The Balaban J connectivity index is 1.62. The first kappa shape index (κ1) is 17.2. The van der Waals surface area contributed by atoms with Gasteiger partial charge in [-0.1, -0.05) is 24.3 Å². The fourth-order valence-electron chi connectivity index (χ4n) is 2.64. The van der Waals surface area contributed by atoms with Gasteiger partial charge in [0.25, 0.3) is 0 Å². The smallest absolute Gasteiger partial charge is 0.176 e. The summed E-state index contributed by atoms with van der Waals surface area (Å²) in [5, 5.41) is 15.6. The van der Waals surface area contributed by atoms with E-state index in [0.29, 0.717) is 10.9 Å². The highest BCUT2D eigenvalue weighted by Crippen LogP contribution is 2.14. The van der Waals surface area contributed by atoms with Crippen LogP contribution in [0, 0.1) is 13.8 Å². The number of nitrogens with zero attached hydrogens (tertiary/aromatic N) is 4. The highest BCUT2D eigenvalue weighted by Gasteiger charge is 2.08. The van der Waals surface area contributed by atoms with Crippen molar-refractivity contribution in [2.75, 3.05) is 10.6 Å². The summed E-state index contributed by atoms with van der Waals surface area (Å²) in [7, 11) is 0. The van der Waals surface area contributed by atoms with E-state index >= 15 is 0 Å². The Morgan fingerprint density at radius 3 is 2.68 bits per heavy atom. The zero-order valence-corrected chi connectivity index (χ0v) is 15.5. The molecule has 3 aromatic rings. The summed E-state index contributed by atoms with van der Waals surface area (Å²) in [6.45, 7) is 7.74. The van der Waals surface area contributed by atoms with Crippen molar-refractivity contribution in [2.24, 2.45) is 0 Å².